The van der Waals surface area contributed by atoms with Crippen molar-refractivity contribution in [2.24, 2.45) is 5.92 Å². The van der Waals surface area contributed by atoms with Crippen LogP contribution in [0.1, 0.15) is 40.5 Å². The number of Topliss-reactive ketones (excluding diaryl/α,β-unsaturated/α-hetero) is 1. The van der Waals surface area contributed by atoms with Crippen molar-refractivity contribution >= 4 is 5.78 Å². The second-order valence-electron chi connectivity index (χ2n) is 3.98. The van der Waals surface area contributed by atoms with Gasteiger partial charge in [0, 0.05) is 17.9 Å². The number of rotatable bonds is 6. The molecule has 0 heterocycles. The van der Waals surface area contributed by atoms with E-state index in [1.165, 1.54) is 6.92 Å². The van der Waals surface area contributed by atoms with E-state index in [1.54, 1.807) is 20.8 Å². The van der Waals surface area contributed by atoms with Gasteiger partial charge in [-0.15, -0.1) is 0 Å². The Morgan fingerprint density at radius 1 is 1.50 bits per heavy atom. The van der Waals surface area contributed by atoms with Gasteiger partial charge in [-0.25, -0.2) is 0 Å². The van der Waals surface area contributed by atoms with E-state index in [4.69, 9.17) is 0 Å². The van der Waals surface area contributed by atoms with E-state index in [-0.39, 0.29) is 11.4 Å². The van der Waals surface area contributed by atoms with E-state index in [2.05, 4.69) is 0 Å². The normalized spacial score (nSPS) is 17.7. The zero-order valence-electron chi connectivity index (χ0n) is 10.2. The largest absolute Gasteiger partial charge is 0.385 e. The third-order valence-electron chi connectivity index (χ3n) is 2.97. The number of aliphatic hydroxyl groups is 1. The maximum absolute atomic E-state index is 11.5. The lowest BCUT2D eigenvalue weighted by Crippen LogP contribution is -2.39. The molecule has 0 amide bonds. The number of hydrogen-bond donors (Lipinski definition) is 1. The summed E-state index contributed by atoms with van der Waals surface area (Å²) in [5, 5.41) is 20.6. The summed E-state index contributed by atoms with van der Waals surface area (Å²) in [7, 11) is 0. The first kappa shape index (κ1) is 14.8. The molecule has 1 N–H and O–H groups in total. The summed E-state index contributed by atoms with van der Waals surface area (Å²) in [6.45, 7) is 6.46. The van der Waals surface area contributed by atoms with Gasteiger partial charge in [0.15, 0.2) is 0 Å². The van der Waals surface area contributed by atoms with Crippen LogP contribution in [0.4, 0.5) is 0 Å². The maximum Gasteiger partial charge on any atom is 0.236 e. The molecule has 2 unspecified atom stereocenters. The van der Waals surface area contributed by atoms with E-state index in [9.17, 15) is 20.0 Å². The molecule has 92 valence electrons. The van der Waals surface area contributed by atoms with E-state index in [0.29, 0.717) is 12.8 Å². The quantitative estimate of drug-likeness (QED) is 0.557. The minimum Gasteiger partial charge on any atom is -0.385 e. The summed E-state index contributed by atoms with van der Waals surface area (Å²) in [5.74, 6) is -0.739. The fourth-order valence-electron chi connectivity index (χ4n) is 1.60. The van der Waals surface area contributed by atoms with Crippen molar-refractivity contribution in [1.82, 2.24) is 0 Å². The number of nitro groups is 1. The maximum atomic E-state index is 11.5. The van der Waals surface area contributed by atoms with Crippen molar-refractivity contribution in [3.05, 3.63) is 21.9 Å². The molecule has 0 bridgehead atoms. The number of ketones is 1. The van der Waals surface area contributed by atoms with Gasteiger partial charge in [-0.05, 0) is 13.3 Å². The highest BCUT2D eigenvalue weighted by molar-refractivity contribution is 5.82. The molecule has 0 saturated carbocycles. The Hall–Kier alpha value is -1.23. The first-order valence-corrected chi connectivity index (χ1v) is 5.37. The summed E-state index contributed by atoms with van der Waals surface area (Å²) in [6.07, 6.45) is 1.45. The highest BCUT2D eigenvalue weighted by Crippen LogP contribution is 2.29. The molecular weight excluding hydrogens is 210 g/mol. The second kappa shape index (κ2) is 5.75. The highest BCUT2D eigenvalue weighted by Gasteiger charge is 2.37. The average Bonchev–Trinajstić information content (AvgIpc) is 2.22. The molecule has 0 spiro atoms. The number of hydrogen-bond acceptors (Lipinski definition) is 4. The minimum atomic E-state index is -1.45. The summed E-state index contributed by atoms with van der Waals surface area (Å²) < 4.78 is 0. The van der Waals surface area contributed by atoms with Gasteiger partial charge in [-0.2, -0.15) is 0 Å². The Morgan fingerprint density at radius 3 is 2.31 bits per heavy atom. The molecule has 0 fully saturated rings. The van der Waals surface area contributed by atoms with Crippen molar-refractivity contribution < 1.29 is 14.8 Å². The first-order valence-electron chi connectivity index (χ1n) is 5.37. The molecule has 0 aliphatic heterocycles. The molecule has 16 heavy (non-hydrogen) atoms. The second-order valence-corrected chi connectivity index (χ2v) is 3.98. The monoisotopic (exact) mass is 229 g/mol. The lowest BCUT2D eigenvalue weighted by molar-refractivity contribution is -0.404. The van der Waals surface area contributed by atoms with Gasteiger partial charge in [0.25, 0.3) is 0 Å². The molecule has 0 aliphatic rings. The fraction of sp³-hybridized carbons (Fsp3) is 0.727. The van der Waals surface area contributed by atoms with Gasteiger partial charge in [-0.3, -0.25) is 14.9 Å². The molecule has 2 atom stereocenters. The Balaban J connectivity index is 5.14. The van der Waals surface area contributed by atoms with Gasteiger partial charge >= 0.3 is 0 Å². The average molecular weight is 229 g/mol. The summed E-state index contributed by atoms with van der Waals surface area (Å²) in [4.78, 5) is 21.3. The zero-order valence-corrected chi connectivity index (χ0v) is 10.2. The number of carbonyl (C=O) groups is 1. The van der Waals surface area contributed by atoms with Gasteiger partial charge in [0.1, 0.15) is 5.78 Å². The molecule has 0 saturated heterocycles. The van der Waals surface area contributed by atoms with Crippen molar-refractivity contribution in [2.75, 3.05) is 0 Å². The van der Waals surface area contributed by atoms with Gasteiger partial charge in [-0.1, -0.05) is 20.8 Å². The Labute approximate surface area is 95.3 Å². The predicted molar refractivity (Wildman–Crippen MR) is 60.5 cm³/mol. The standard InChI is InChI=1S/C11H19NO4/c1-5-9(7-12(15)16)11(4,14)8(3)10(13)6-2/h7-8,14H,5-6H2,1-4H3/b9-7+. The summed E-state index contributed by atoms with van der Waals surface area (Å²) >= 11 is 0. The highest BCUT2D eigenvalue weighted by atomic mass is 16.6. The third kappa shape index (κ3) is 3.41. The van der Waals surface area contributed by atoms with E-state index in [1.807, 2.05) is 0 Å². The van der Waals surface area contributed by atoms with E-state index in [0.717, 1.165) is 6.20 Å². The van der Waals surface area contributed by atoms with Gasteiger partial charge in [0.2, 0.25) is 6.20 Å². The smallest absolute Gasteiger partial charge is 0.236 e. The molecule has 0 aromatic heterocycles. The van der Waals surface area contributed by atoms with Crippen LogP contribution in [0.2, 0.25) is 0 Å². The molecule has 0 aromatic rings. The molecule has 0 aliphatic carbocycles. The number of nitrogens with zero attached hydrogens (tertiary/aromatic N) is 1. The van der Waals surface area contributed by atoms with Crippen LogP contribution in [-0.2, 0) is 4.79 Å². The van der Waals surface area contributed by atoms with Crippen LogP contribution in [-0.4, -0.2) is 21.4 Å². The number of carbonyl (C=O) groups excluding carboxylic acids is 1. The molecule has 0 aromatic carbocycles. The van der Waals surface area contributed by atoms with Crippen molar-refractivity contribution in [2.45, 2.75) is 46.1 Å². The minimum absolute atomic E-state index is 0.104. The summed E-state index contributed by atoms with van der Waals surface area (Å²) in [5.41, 5.74) is -1.18. The lowest BCUT2D eigenvalue weighted by Gasteiger charge is -2.30. The Bertz CT molecular complexity index is 307. The van der Waals surface area contributed by atoms with Crippen LogP contribution in [0.5, 0.6) is 0 Å². The van der Waals surface area contributed by atoms with Crippen LogP contribution in [0.15, 0.2) is 11.8 Å². The molecular formula is C11H19NO4. The van der Waals surface area contributed by atoms with Crippen molar-refractivity contribution in [3.8, 4) is 0 Å². The molecule has 0 rings (SSSR count). The van der Waals surface area contributed by atoms with Gasteiger partial charge in [0.05, 0.1) is 10.5 Å². The van der Waals surface area contributed by atoms with Gasteiger partial charge < -0.3 is 5.11 Å². The SMILES string of the molecule is CCC(=O)C(C)C(C)(O)/C(=C/[N+](=O)[O-])CC. The lowest BCUT2D eigenvalue weighted by atomic mass is 9.80. The third-order valence-corrected chi connectivity index (χ3v) is 2.97. The predicted octanol–water partition coefficient (Wildman–Crippen LogP) is 1.92. The van der Waals surface area contributed by atoms with Crippen LogP contribution in [0.25, 0.3) is 0 Å². The van der Waals surface area contributed by atoms with Crippen molar-refractivity contribution in [3.63, 3.8) is 0 Å². The first-order chi connectivity index (χ1) is 7.27. The topological polar surface area (TPSA) is 80.4 Å². The van der Waals surface area contributed by atoms with E-state index < -0.39 is 16.4 Å². The molecule has 0 radical (unpaired) electrons. The Morgan fingerprint density at radius 2 is 2.00 bits per heavy atom. The Kier molecular flexibility index (Phi) is 5.30. The molecule has 5 heteroatoms. The summed E-state index contributed by atoms with van der Waals surface area (Å²) in [6, 6.07) is 0. The zero-order chi connectivity index (χ0) is 12.9. The van der Waals surface area contributed by atoms with E-state index >= 15 is 0 Å². The van der Waals surface area contributed by atoms with Crippen LogP contribution in [0.3, 0.4) is 0 Å². The van der Waals surface area contributed by atoms with Crippen LogP contribution in [0, 0.1) is 16.0 Å². The molecule has 5 nitrogen and oxygen atoms in total. The van der Waals surface area contributed by atoms with Crippen LogP contribution < -0.4 is 0 Å². The van der Waals surface area contributed by atoms with Crippen molar-refractivity contribution in [1.29, 1.82) is 0 Å². The fourth-order valence-corrected chi connectivity index (χ4v) is 1.60. The van der Waals surface area contributed by atoms with Crippen LogP contribution >= 0.6 is 0 Å².